The molecule has 3 aromatic heterocycles. The maximum Gasteiger partial charge on any atom is 0.435 e. The Bertz CT molecular complexity index is 1270. The molecule has 5 rings (SSSR count). The number of fused-ring (bicyclic) bond motifs is 1. The molecule has 0 fully saturated rings. The van der Waals surface area contributed by atoms with Crippen LogP contribution in [-0.2, 0) is 12.7 Å². The van der Waals surface area contributed by atoms with Gasteiger partial charge >= 0.3 is 6.18 Å². The number of nitrogens with zero attached hydrogens (tertiary/aromatic N) is 5. The first-order chi connectivity index (χ1) is 15.4. The van der Waals surface area contributed by atoms with Gasteiger partial charge in [0, 0.05) is 41.0 Å². The number of benzene rings is 1. The quantitative estimate of drug-likeness (QED) is 0.465. The van der Waals surface area contributed by atoms with E-state index in [0.717, 1.165) is 17.7 Å². The van der Waals surface area contributed by atoms with Gasteiger partial charge in [0.05, 0.1) is 18.6 Å². The van der Waals surface area contributed by atoms with Crippen LogP contribution in [0.25, 0.3) is 22.6 Å². The minimum absolute atomic E-state index is 0.197. The van der Waals surface area contributed by atoms with Gasteiger partial charge in [-0.2, -0.15) is 13.2 Å². The van der Waals surface area contributed by atoms with Gasteiger partial charge in [-0.3, -0.25) is 10.1 Å². The molecule has 4 aromatic rings. The van der Waals surface area contributed by atoms with E-state index in [0.29, 0.717) is 29.6 Å². The highest BCUT2D eigenvalue weighted by Crippen LogP contribution is 2.37. The number of alkyl halides is 3. The maximum absolute atomic E-state index is 13.2. The third kappa shape index (κ3) is 3.93. The lowest BCUT2D eigenvalue weighted by atomic mass is 9.93. The van der Waals surface area contributed by atoms with Crippen molar-refractivity contribution < 1.29 is 17.9 Å². The summed E-state index contributed by atoms with van der Waals surface area (Å²) in [7, 11) is 0. The molecule has 0 spiro atoms. The molecular formula is C21H16ClF3N6O. The van der Waals surface area contributed by atoms with Crippen molar-refractivity contribution in [3.8, 4) is 28.4 Å². The molecular weight excluding hydrogens is 445 g/mol. The molecule has 11 heteroatoms. The SMILES string of the molecule is FC(F)(F)c1[nH]nnc1-c1ccnc(-c2cn(C[C@@H]3CCOc4ccc(Cl)cc43)cn2)c1. The number of hydrogen-bond donors (Lipinski definition) is 1. The lowest BCUT2D eigenvalue weighted by molar-refractivity contribution is -0.140. The Morgan fingerprint density at radius 2 is 2.03 bits per heavy atom. The molecule has 1 N–H and O–H groups in total. The normalized spacial score (nSPS) is 15.9. The van der Waals surface area contributed by atoms with Crippen LogP contribution in [0.5, 0.6) is 5.75 Å². The predicted molar refractivity (Wildman–Crippen MR) is 110 cm³/mol. The van der Waals surface area contributed by atoms with E-state index in [4.69, 9.17) is 16.3 Å². The first-order valence-electron chi connectivity index (χ1n) is 9.77. The van der Waals surface area contributed by atoms with E-state index in [2.05, 4.69) is 20.3 Å². The summed E-state index contributed by atoms with van der Waals surface area (Å²) in [6.45, 7) is 1.27. The summed E-state index contributed by atoms with van der Waals surface area (Å²) in [6, 6.07) is 8.56. The average Bonchev–Trinajstić information content (AvgIpc) is 3.44. The van der Waals surface area contributed by atoms with Gasteiger partial charge in [0.25, 0.3) is 0 Å². The van der Waals surface area contributed by atoms with Crippen molar-refractivity contribution in [3.05, 3.63) is 65.3 Å². The highest BCUT2D eigenvalue weighted by Gasteiger charge is 2.37. The first-order valence-corrected chi connectivity index (χ1v) is 10.2. The molecule has 0 saturated heterocycles. The van der Waals surface area contributed by atoms with Gasteiger partial charge in [0.15, 0.2) is 5.69 Å². The van der Waals surface area contributed by atoms with Crippen LogP contribution in [0.2, 0.25) is 5.02 Å². The van der Waals surface area contributed by atoms with Gasteiger partial charge in [-0.15, -0.1) is 5.10 Å². The molecule has 0 bridgehead atoms. The standard InChI is InChI=1S/C21H16ClF3N6O/c22-14-1-2-18-15(8-14)13(4-6-32-18)9-31-10-17(27-11-31)16-7-12(3-5-26-16)19-20(21(23,24)25)29-30-28-19/h1-3,5,7-8,10-11,13H,4,6,9H2,(H,28,29,30)/t13-/m0/s1. The zero-order valence-corrected chi connectivity index (χ0v) is 17.2. The van der Waals surface area contributed by atoms with Crippen molar-refractivity contribution in [1.82, 2.24) is 29.9 Å². The second kappa shape index (κ2) is 7.94. The topological polar surface area (TPSA) is 81.5 Å². The highest BCUT2D eigenvalue weighted by molar-refractivity contribution is 6.30. The van der Waals surface area contributed by atoms with Crippen molar-refractivity contribution in [2.24, 2.45) is 0 Å². The Kier molecular flexibility index (Phi) is 5.09. The Hall–Kier alpha value is -3.40. The number of H-pyrrole nitrogens is 1. The largest absolute Gasteiger partial charge is 0.493 e. The van der Waals surface area contributed by atoms with Crippen LogP contribution >= 0.6 is 11.6 Å². The molecule has 0 radical (unpaired) electrons. The lowest BCUT2D eigenvalue weighted by Gasteiger charge is -2.26. The number of pyridine rings is 1. The summed E-state index contributed by atoms with van der Waals surface area (Å²) in [5.41, 5.74) is 0.992. The molecule has 0 unspecified atom stereocenters. The number of rotatable bonds is 4. The molecule has 1 aromatic carbocycles. The zero-order valence-electron chi connectivity index (χ0n) is 16.5. The Labute approximate surface area is 185 Å². The van der Waals surface area contributed by atoms with Crippen LogP contribution in [0.3, 0.4) is 0 Å². The van der Waals surface area contributed by atoms with Crippen LogP contribution in [0, 0.1) is 0 Å². The number of ether oxygens (including phenoxy) is 1. The highest BCUT2D eigenvalue weighted by atomic mass is 35.5. The average molecular weight is 461 g/mol. The van der Waals surface area contributed by atoms with Crippen LogP contribution < -0.4 is 4.74 Å². The van der Waals surface area contributed by atoms with Gasteiger partial charge < -0.3 is 9.30 Å². The Balaban J connectivity index is 1.40. The van der Waals surface area contributed by atoms with E-state index in [9.17, 15) is 13.2 Å². The van der Waals surface area contributed by atoms with E-state index < -0.39 is 11.9 Å². The summed E-state index contributed by atoms with van der Waals surface area (Å²) < 4.78 is 47.2. The molecule has 0 aliphatic carbocycles. The minimum atomic E-state index is -4.59. The fourth-order valence-corrected chi connectivity index (χ4v) is 4.00. The van der Waals surface area contributed by atoms with E-state index in [-0.39, 0.29) is 17.2 Å². The summed E-state index contributed by atoms with van der Waals surface area (Å²) >= 11 is 6.16. The zero-order chi connectivity index (χ0) is 22.3. The Morgan fingerprint density at radius 1 is 1.16 bits per heavy atom. The first kappa shape index (κ1) is 20.5. The van der Waals surface area contributed by atoms with Crippen molar-refractivity contribution >= 4 is 11.6 Å². The molecule has 1 aliphatic heterocycles. The van der Waals surface area contributed by atoms with Crippen molar-refractivity contribution in [1.29, 1.82) is 0 Å². The number of hydrogen-bond acceptors (Lipinski definition) is 5. The van der Waals surface area contributed by atoms with Gasteiger partial charge in [0.2, 0.25) is 0 Å². The van der Waals surface area contributed by atoms with Crippen LogP contribution in [-0.4, -0.2) is 36.6 Å². The minimum Gasteiger partial charge on any atom is -0.493 e. The number of imidazole rings is 1. The van der Waals surface area contributed by atoms with E-state index >= 15 is 0 Å². The van der Waals surface area contributed by atoms with Gasteiger partial charge in [-0.05, 0) is 36.8 Å². The number of halogens is 4. The molecule has 0 amide bonds. The number of aromatic nitrogens is 6. The fraction of sp³-hybridized carbons (Fsp3) is 0.238. The summed E-state index contributed by atoms with van der Waals surface area (Å²) in [6.07, 6.45) is 1.17. The lowest BCUT2D eigenvalue weighted by Crippen LogP contribution is -2.18. The van der Waals surface area contributed by atoms with Crippen LogP contribution in [0.15, 0.2) is 49.1 Å². The van der Waals surface area contributed by atoms with E-state index in [1.165, 1.54) is 18.3 Å². The summed E-state index contributed by atoms with van der Waals surface area (Å²) in [4.78, 5) is 8.66. The predicted octanol–water partition coefficient (Wildman–Crippen LogP) is 4.97. The van der Waals surface area contributed by atoms with E-state index in [1.54, 1.807) is 12.4 Å². The van der Waals surface area contributed by atoms with Crippen molar-refractivity contribution in [2.45, 2.75) is 25.1 Å². The van der Waals surface area contributed by atoms with E-state index in [1.807, 2.05) is 28.0 Å². The van der Waals surface area contributed by atoms with Crippen LogP contribution in [0.4, 0.5) is 13.2 Å². The van der Waals surface area contributed by atoms with Gasteiger partial charge in [0.1, 0.15) is 17.1 Å². The number of aromatic amines is 1. The molecule has 0 saturated carbocycles. The smallest absolute Gasteiger partial charge is 0.435 e. The van der Waals surface area contributed by atoms with Crippen molar-refractivity contribution in [2.75, 3.05) is 6.61 Å². The van der Waals surface area contributed by atoms with Crippen LogP contribution in [0.1, 0.15) is 23.6 Å². The van der Waals surface area contributed by atoms with Gasteiger partial charge in [-0.25, -0.2) is 4.98 Å². The molecule has 1 atom stereocenters. The second-order valence-electron chi connectivity index (χ2n) is 7.43. The maximum atomic E-state index is 13.2. The molecule has 1 aliphatic rings. The third-order valence-corrected chi connectivity index (χ3v) is 5.56. The monoisotopic (exact) mass is 460 g/mol. The van der Waals surface area contributed by atoms with Gasteiger partial charge in [-0.1, -0.05) is 16.8 Å². The van der Waals surface area contributed by atoms with Crippen molar-refractivity contribution in [3.63, 3.8) is 0 Å². The molecule has 7 nitrogen and oxygen atoms in total. The summed E-state index contributed by atoms with van der Waals surface area (Å²) in [5.74, 6) is 1.02. The molecule has 4 heterocycles. The second-order valence-corrected chi connectivity index (χ2v) is 7.87. The molecule has 32 heavy (non-hydrogen) atoms. The number of nitrogens with one attached hydrogen (secondary N) is 1. The Morgan fingerprint density at radius 3 is 2.88 bits per heavy atom. The molecule has 164 valence electrons. The third-order valence-electron chi connectivity index (χ3n) is 5.33. The summed E-state index contributed by atoms with van der Waals surface area (Å²) in [5, 5.41) is 9.47. The fourth-order valence-electron chi connectivity index (χ4n) is 3.82.